The number of thioether (sulfide) groups is 1. The molecule has 118 valence electrons. The van der Waals surface area contributed by atoms with E-state index < -0.39 is 17.4 Å². The van der Waals surface area contributed by atoms with Crippen LogP contribution in [0.5, 0.6) is 0 Å². The van der Waals surface area contributed by atoms with Gasteiger partial charge in [-0.05, 0) is 24.4 Å². The van der Waals surface area contributed by atoms with Crippen molar-refractivity contribution in [3.63, 3.8) is 0 Å². The van der Waals surface area contributed by atoms with E-state index in [0.29, 0.717) is 5.75 Å². The number of nitrogens with zero attached hydrogens (tertiary/aromatic N) is 2. The van der Waals surface area contributed by atoms with E-state index in [9.17, 15) is 19.5 Å². The third-order valence-electron chi connectivity index (χ3n) is 4.08. The Labute approximate surface area is 136 Å². The molecule has 1 aromatic heterocycles. The van der Waals surface area contributed by atoms with Gasteiger partial charge < -0.3 is 10.0 Å². The van der Waals surface area contributed by atoms with Gasteiger partial charge in [-0.2, -0.15) is 0 Å². The summed E-state index contributed by atoms with van der Waals surface area (Å²) in [6.45, 7) is 3.30. The molecule has 2 fully saturated rings. The number of rotatable bonds is 3. The van der Waals surface area contributed by atoms with Gasteiger partial charge in [-0.3, -0.25) is 19.3 Å². The first-order valence-corrected chi connectivity index (χ1v) is 8.77. The number of carboxylic acids is 1. The summed E-state index contributed by atoms with van der Waals surface area (Å²) in [6.07, 6.45) is 0. The summed E-state index contributed by atoms with van der Waals surface area (Å²) >= 11 is 2.85. The summed E-state index contributed by atoms with van der Waals surface area (Å²) in [5.41, 5.74) is -0.925. The average molecular weight is 340 g/mol. The first-order chi connectivity index (χ1) is 10.3. The summed E-state index contributed by atoms with van der Waals surface area (Å²) in [6, 6.07) is 3.13. The minimum absolute atomic E-state index is 0.161. The van der Waals surface area contributed by atoms with E-state index in [1.807, 2.05) is 17.5 Å². The Morgan fingerprint density at radius 3 is 2.77 bits per heavy atom. The number of carboxylic acid groups (broad SMARTS) is 1. The predicted molar refractivity (Wildman–Crippen MR) is 85.0 cm³/mol. The van der Waals surface area contributed by atoms with Crippen molar-refractivity contribution < 1.29 is 19.5 Å². The molecule has 3 rings (SSSR count). The highest BCUT2D eigenvalue weighted by atomic mass is 32.2. The third kappa shape index (κ3) is 2.21. The Balaban J connectivity index is 1.83. The standard InChI is InChI=1S/C14H16N2O4S2/c1-8(17)16(9-4-3-5-21-9)10-11(18)15-6-14(2,13(19)20)7-22-12(10)15/h3-5,10,12H,6-7H2,1-2H3,(H,19,20)/t10?,12-,14?/m1/s1. The lowest BCUT2D eigenvalue weighted by Crippen LogP contribution is -2.74. The molecule has 3 atom stereocenters. The number of carbonyl (C=O) groups is 3. The molecule has 2 unspecified atom stereocenters. The van der Waals surface area contributed by atoms with Crippen LogP contribution in [0.3, 0.4) is 0 Å². The van der Waals surface area contributed by atoms with Crippen LogP contribution >= 0.6 is 23.1 Å². The maximum Gasteiger partial charge on any atom is 0.312 e. The summed E-state index contributed by atoms with van der Waals surface area (Å²) in [5, 5.41) is 11.8. The molecule has 8 heteroatoms. The number of carbonyl (C=O) groups excluding carboxylic acids is 2. The molecular weight excluding hydrogens is 324 g/mol. The second kappa shape index (κ2) is 5.27. The average Bonchev–Trinajstić information content (AvgIpc) is 2.98. The van der Waals surface area contributed by atoms with E-state index in [1.165, 1.54) is 34.9 Å². The zero-order valence-electron chi connectivity index (χ0n) is 12.2. The zero-order chi connectivity index (χ0) is 16.1. The Hall–Kier alpha value is -1.54. The van der Waals surface area contributed by atoms with Crippen LogP contribution < -0.4 is 4.90 Å². The molecule has 2 saturated heterocycles. The van der Waals surface area contributed by atoms with Crippen molar-refractivity contribution in [2.24, 2.45) is 5.41 Å². The number of hydrogen-bond acceptors (Lipinski definition) is 5. The maximum absolute atomic E-state index is 12.5. The van der Waals surface area contributed by atoms with E-state index in [0.717, 1.165) is 5.00 Å². The third-order valence-corrected chi connectivity index (χ3v) is 6.61. The zero-order valence-corrected chi connectivity index (χ0v) is 13.8. The van der Waals surface area contributed by atoms with Crippen molar-refractivity contribution >= 4 is 45.9 Å². The van der Waals surface area contributed by atoms with Gasteiger partial charge in [-0.15, -0.1) is 23.1 Å². The van der Waals surface area contributed by atoms with Crippen LogP contribution in [-0.2, 0) is 14.4 Å². The Morgan fingerprint density at radius 1 is 1.50 bits per heavy atom. The minimum Gasteiger partial charge on any atom is -0.481 e. The smallest absolute Gasteiger partial charge is 0.312 e. The molecule has 22 heavy (non-hydrogen) atoms. The highest BCUT2D eigenvalue weighted by molar-refractivity contribution is 8.00. The molecule has 6 nitrogen and oxygen atoms in total. The van der Waals surface area contributed by atoms with E-state index in [4.69, 9.17) is 0 Å². The van der Waals surface area contributed by atoms with Crippen molar-refractivity contribution in [2.45, 2.75) is 25.3 Å². The fourth-order valence-corrected chi connectivity index (χ4v) is 5.15. The SMILES string of the molecule is CC(=O)N(c1cccs1)C1C(=O)N2CC(C)(C(=O)O)CS[C@H]12. The number of fused-ring (bicyclic) bond motifs is 1. The molecule has 0 bridgehead atoms. The van der Waals surface area contributed by atoms with Crippen LogP contribution in [0.4, 0.5) is 5.00 Å². The van der Waals surface area contributed by atoms with Crippen molar-refractivity contribution in [1.82, 2.24) is 4.90 Å². The fourth-order valence-electron chi connectivity index (χ4n) is 2.81. The van der Waals surface area contributed by atoms with Gasteiger partial charge in [-0.25, -0.2) is 0 Å². The van der Waals surface area contributed by atoms with Crippen molar-refractivity contribution in [3.8, 4) is 0 Å². The normalized spacial score (nSPS) is 30.5. The second-order valence-corrected chi connectivity index (χ2v) is 7.85. The van der Waals surface area contributed by atoms with Crippen LogP contribution in [0, 0.1) is 5.41 Å². The summed E-state index contributed by atoms with van der Waals surface area (Å²) in [7, 11) is 0. The summed E-state index contributed by atoms with van der Waals surface area (Å²) in [4.78, 5) is 38.9. The molecule has 1 aromatic rings. The van der Waals surface area contributed by atoms with Crippen molar-refractivity contribution in [2.75, 3.05) is 17.2 Å². The highest BCUT2D eigenvalue weighted by Crippen LogP contribution is 2.45. The van der Waals surface area contributed by atoms with E-state index >= 15 is 0 Å². The first kappa shape index (κ1) is 15.4. The van der Waals surface area contributed by atoms with Gasteiger partial charge in [0.2, 0.25) is 11.8 Å². The number of hydrogen-bond donors (Lipinski definition) is 1. The van der Waals surface area contributed by atoms with Crippen LogP contribution in [0.2, 0.25) is 0 Å². The number of anilines is 1. The molecule has 0 aromatic carbocycles. The molecule has 0 saturated carbocycles. The van der Waals surface area contributed by atoms with Gasteiger partial charge in [0.15, 0.2) is 0 Å². The second-order valence-electron chi connectivity index (χ2n) is 5.82. The number of thiophene rings is 1. The van der Waals surface area contributed by atoms with Crippen LogP contribution in [0.1, 0.15) is 13.8 Å². The van der Waals surface area contributed by atoms with Crippen molar-refractivity contribution in [1.29, 1.82) is 0 Å². The number of β-lactam (4-membered cyclic amide) rings is 1. The van der Waals surface area contributed by atoms with Crippen molar-refractivity contribution in [3.05, 3.63) is 17.5 Å². The highest BCUT2D eigenvalue weighted by Gasteiger charge is 2.58. The Bertz CT molecular complexity index is 633. The van der Waals surface area contributed by atoms with Gasteiger partial charge in [-0.1, -0.05) is 0 Å². The number of aliphatic carboxylic acids is 1. The number of amides is 2. The largest absolute Gasteiger partial charge is 0.481 e. The van der Waals surface area contributed by atoms with Gasteiger partial charge in [0.05, 0.1) is 10.4 Å². The monoisotopic (exact) mass is 340 g/mol. The van der Waals surface area contributed by atoms with Gasteiger partial charge in [0.1, 0.15) is 11.4 Å². The molecule has 2 amide bonds. The predicted octanol–water partition coefficient (Wildman–Crippen LogP) is 1.48. The molecular formula is C14H16N2O4S2. The molecule has 3 heterocycles. The summed E-state index contributed by atoms with van der Waals surface area (Å²) in [5.74, 6) is -0.805. The fraction of sp³-hybridized carbons (Fsp3) is 0.500. The lowest BCUT2D eigenvalue weighted by atomic mass is 9.89. The lowest BCUT2D eigenvalue weighted by Gasteiger charge is -2.55. The Kier molecular flexibility index (Phi) is 3.68. The lowest BCUT2D eigenvalue weighted by molar-refractivity contribution is -0.156. The van der Waals surface area contributed by atoms with Gasteiger partial charge in [0, 0.05) is 19.2 Å². The van der Waals surface area contributed by atoms with Gasteiger partial charge >= 0.3 is 5.97 Å². The topological polar surface area (TPSA) is 77.9 Å². The van der Waals surface area contributed by atoms with Crippen LogP contribution in [0.25, 0.3) is 0 Å². The molecule has 0 aliphatic carbocycles. The molecule has 1 N–H and O–H groups in total. The molecule has 2 aliphatic rings. The quantitative estimate of drug-likeness (QED) is 0.843. The molecule has 2 aliphatic heterocycles. The van der Waals surface area contributed by atoms with E-state index in [2.05, 4.69) is 0 Å². The first-order valence-electron chi connectivity index (χ1n) is 6.84. The van der Waals surface area contributed by atoms with Gasteiger partial charge in [0.25, 0.3) is 0 Å². The molecule has 0 spiro atoms. The molecule has 0 radical (unpaired) electrons. The minimum atomic E-state index is -0.925. The van der Waals surface area contributed by atoms with Crippen LogP contribution in [-0.4, -0.2) is 51.5 Å². The van der Waals surface area contributed by atoms with E-state index in [1.54, 1.807) is 11.8 Å². The van der Waals surface area contributed by atoms with E-state index in [-0.39, 0.29) is 23.7 Å². The maximum atomic E-state index is 12.5. The summed E-state index contributed by atoms with van der Waals surface area (Å²) < 4.78 is 0. The Morgan fingerprint density at radius 2 is 2.23 bits per heavy atom. The van der Waals surface area contributed by atoms with Crippen LogP contribution in [0.15, 0.2) is 17.5 Å².